The summed E-state index contributed by atoms with van der Waals surface area (Å²) in [6.45, 7) is 2.72. The lowest BCUT2D eigenvalue weighted by Gasteiger charge is -2.21. The average molecular weight is 263 g/mol. The van der Waals surface area contributed by atoms with Crippen LogP contribution in [0.3, 0.4) is 0 Å². The number of hydrogen-bond acceptors (Lipinski definition) is 2. The highest BCUT2D eigenvalue weighted by Gasteiger charge is 2.12. The van der Waals surface area contributed by atoms with Crippen LogP contribution in [0.2, 0.25) is 0 Å². The van der Waals surface area contributed by atoms with Gasteiger partial charge in [-0.2, -0.15) is 0 Å². The van der Waals surface area contributed by atoms with Crippen molar-refractivity contribution in [2.75, 3.05) is 30.9 Å². The van der Waals surface area contributed by atoms with Crippen molar-refractivity contribution in [1.29, 1.82) is 0 Å². The maximum atomic E-state index is 11.7. The fourth-order valence-electron chi connectivity index (χ4n) is 1.62. The quantitative estimate of drug-likeness (QED) is 0.802. The lowest BCUT2D eigenvalue weighted by molar-refractivity contribution is -0.107. The maximum Gasteiger partial charge on any atom is 0.321 e. The highest BCUT2D eigenvalue weighted by Crippen LogP contribution is 2.25. The van der Waals surface area contributed by atoms with Crippen molar-refractivity contribution in [3.63, 3.8) is 0 Å². The van der Waals surface area contributed by atoms with Gasteiger partial charge in [-0.25, -0.2) is 4.79 Å². The largest absolute Gasteiger partial charge is 0.331 e. The number of urea groups is 1. The Labute approximate surface area is 114 Å². The first-order valence-corrected chi connectivity index (χ1v) is 6.39. The maximum absolute atomic E-state index is 11.7. The Morgan fingerprint density at radius 3 is 2.58 bits per heavy atom. The van der Waals surface area contributed by atoms with E-state index in [2.05, 4.69) is 12.2 Å². The molecule has 5 heteroatoms. The number of unbranched alkanes of at least 4 members (excludes halogenated alkanes) is 1. The van der Waals surface area contributed by atoms with E-state index in [1.165, 1.54) is 4.90 Å². The summed E-state index contributed by atoms with van der Waals surface area (Å²) in [5.74, 6) is 0. The summed E-state index contributed by atoms with van der Waals surface area (Å²) >= 11 is 0. The molecule has 3 amide bonds. The minimum atomic E-state index is -0.214. The first kappa shape index (κ1) is 15.0. The zero-order valence-corrected chi connectivity index (χ0v) is 11.7. The van der Waals surface area contributed by atoms with Gasteiger partial charge in [0.05, 0.1) is 11.4 Å². The van der Waals surface area contributed by atoms with Crippen LogP contribution in [0, 0.1) is 0 Å². The topological polar surface area (TPSA) is 52.7 Å². The van der Waals surface area contributed by atoms with Crippen molar-refractivity contribution >= 4 is 23.8 Å². The smallest absolute Gasteiger partial charge is 0.321 e. The van der Waals surface area contributed by atoms with Crippen molar-refractivity contribution in [1.82, 2.24) is 4.90 Å². The van der Waals surface area contributed by atoms with Gasteiger partial charge in [-0.15, -0.1) is 0 Å². The summed E-state index contributed by atoms with van der Waals surface area (Å²) in [5, 5.41) is 2.79. The van der Waals surface area contributed by atoms with E-state index in [0.717, 1.165) is 24.9 Å². The fraction of sp³-hybridized carbons (Fsp3) is 0.429. The van der Waals surface area contributed by atoms with Crippen molar-refractivity contribution in [2.24, 2.45) is 0 Å². The SMILES string of the molecule is CCCCN(C=O)c1ccccc1NC(=O)N(C)C. The predicted molar refractivity (Wildman–Crippen MR) is 77.5 cm³/mol. The molecule has 1 aromatic carbocycles. The predicted octanol–water partition coefficient (Wildman–Crippen LogP) is 2.54. The van der Waals surface area contributed by atoms with Gasteiger partial charge in [-0.1, -0.05) is 25.5 Å². The zero-order chi connectivity index (χ0) is 14.3. The Kier molecular flexibility index (Phi) is 5.85. The standard InChI is InChI=1S/C14H21N3O2/c1-4-5-10-17(11-18)13-9-7-6-8-12(13)15-14(19)16(2)3/h6-9,11H,4-5,10H2,1-3H3,(H,15,19). The molecule has 0 heterocycles. The average Bonchev–Trinajstić information content (AvgIpc) is 2.41. The van der Waals surface area contributed by atoms with Gasteiger partial charge >= 0.3 is 6.03 Å². The number of carbonyl (C=O) groups excluding carboxylic acids is 2. The molecule has 19 heavy (non-hydrogen) atoms. The Morgan fingerprint density at radius 1 is 1.32 bits per heavy atom. The van der Waals surface area contributed by atoms with E-state index in [9.17, 15) is 9.59 Å². The van der Waals surface area contributed by atoms with Crippen molar-refractivity contribution in [3.8, 4) is 0 Å². The Morgan fingerprint density at radius 2 is 2.00 bits per heavy atom. The highest BCUT2D eigenvalue weighted by molar-refractivity contribution is 5.95. The summed E-state index contributed by atoms with van der Waals surface area (Å²) in [5.41, 5.74) is 1.37. The molecule has 1 aromatic rings. The number of carbonyl (C=O) groups is 2. The minimum absolute atomic E-state index is 0.214. The summed E-state index contributed by atoms with van der Waals surface area (Å²) in [6, 6.07) is 7.09. The van der Waals surface area contributed by atoms with Crippen LogP contribution in [0.5, 0.6) is 0 Å². The van der Waals surface area contributed by atoms with Gasteiger partial charge in [0.25, 0.3) is 0 Å². The second-order valence-electron chi connectivity index (χ2n) is 4.49. The number of rotatable bonds is 6. The molecule has 104 valence electrons. The summed E-state index contributed by atoms with van der Waals surface area (Å²) in [4.78, 5) is 26.0. The molecular formula is C14H21N3O2. The van der Waals surface area contributed by atoms with Crippen LogP contribution in [-0.4, -0.2) is 38.0 Å². The lowest BCUT2D eigenvalue weighted by Crippen LogP contribution is -2.29. The van der Waals surface area contributed by atoms with Crippen LogP contribution in [-0.2, 0) is 4.79 Å². The van der Waals surface area contributed by atoms with Gasteiger partial charge < -0.3 is 15.1 Å². The molecular weight excluding hydrogens is 242 g/mol. The van der Waals surface area contributed by atoms with Crippen LogP contribution in [0.15, 0.2) is 24.3 Å². The van der Waals surface area contributed by atoms with Crippen LogP contribution in [0.1, 0.15) is 19.8 Å². The molecule has 5 nitrogen and oxygen atoms in total. The fourth-order valence-corrected chi connectivity index (χ4v) is 1.62. The van der Waals surface area contributed by atoms with Crippen molar-refractivity contribution in [2.45, 2.75) is 19.8 Å². The number of para-hydroxylation sites is 2. The van der Waals surface area contributed by atoms with E-state index in [1.54, 1.807) is 25.1 Å². The summed E-state index contributed by atoms with van der Waals surface area (Å²) in [6.07, 6.45) is 2.74. The Bertz CT molecular complexity index is 432. The minimum Gasteiger partial charge on any atom is -0.331 e. The number of nitrogens with zero attached hydrogens (tertiary/aromatic N) is 2. The van der Waals surface area contributed by atoms with Crippen molar-refractivity contribution in [3.05, 3.63) is 24.3 Å². The third-order valence-electron chi connectivity index (χ3n) is 2.74. The third kappa shape index (κ3) is 4.28. The van der Waals surface area contributed by atoms with Crippen LogP contribution in [0.4, 0.5) is 16.2 Å². The molecule has 0 atom stereocenters. The summed E-state index contributed by atoms with van der Waals surface area (Å²) < 4.78 is 0. The number of benzene rings is 1. The van der Waals surface area contributed by atoms with Crippen LogP contribution >= 0.6 is 0 Å². The molecule has 0 aromatic heterocycles. The molecule has 0 saturated heterocycles. The molecule has 0 spiro atoms. The normalized spacial score (nSPS) is 9.84. The molecule has 0 aliphatic carbocycles. The van der Waals surface area contributed by atoms with Gasteiger partial charge in [0.15, 0.2) is 0 Å². The number of nitrogens with one attached hydrogen (secondary N) is 1. The van der Waals surface area contributed by atoms with Gasteiger partial charge in [-0.3, -0.25) is 4.79 Å². The van der Waals surface area contributed by atoms with Crippen LogP contribution < -0.4 is 10.2 Å². The van der Waals surface area contributed by atoms with E-state index < -0.39 is 0 Å². The van der Waals surface area contributed by atoms with E-state index in [4.69, 9.17) is 0 Å². The molecule has 0 aliphatic rings. The lowest BCUT2D eigenvalue weighted by atomic mass is 10.2. The molecule has 0 unspecified atom stereocenters. The first-order valence-electron chi connectivity index (χ1n) is 6.39. The zero-order valence-electron chi connectivity index (χ0n) is 11.7. The van der Waals surface area contributed by atoms with Gasteiger partial charge in [-0.05, 0) is 18.6 Å². The molecule has 0 bridgehead atoms. The van der Waals surface area contributed by atoms with Gasteiger partial charge in [0.1, 0.15) is 0 Å². The number of hydrogen-bond donors (Lipinski definition) is 1. The first-order chi connectivity index (χ1) is 9.10. The molecule has 0 radical (unpaired) electrons. The van der Waals surface area contributed by atoms with E-state index in [1.807, 2.05) is 18.2 Å². The van der Waals surface area contributed by atoms with E-state index in [0.29, 0.717) is 12.2 Å². The Balaban J connectivity index is 2.93. The molecule has 0 fully saturated rings. The monoisotopic (exact) mass is 263 g/mol. The molecule has 0 saturated carbocycles. The second kappa shape index (κ2) is 7.41. The van der Waals surface area contributed by atoms with Crippen LogP contribution in [0.25, 0.3) is 0 Å². The molecule has 0 aliphatic heterocycles. The molecule has 1 rings (SSSR count). The van der Waals surface area contributed by atoms with E-state index >= 15 is 0 Å². The second-order valence-corrected chi connectivity index (χ2v) is 4.49. The van der Waals surface area contributed by atoms with Gasteiger partial charge in [0, 0.05) is 20.6 Å². The Hall–Kier alpha value is -2.04. The number of anilines is 2. The van der Waals surface area contributed by atoms with Crippen molar-refractivity contribution < 1.29 is 9.59 Å². The van der Waals surface area contributed by atoms with Gasteiger partial charge in [0.2, 0.25) is 6.41 Å². The highest BCUT2D eigenvalue weighted by atomic mass is 16.2. The number of amides is 3. The summed E-state index contributed by atoms with van der Waals surface area (Å²) in [7, 11) is 3.35. The molecule has 1 N–H and O–H groups in total. The van der Waals surface area contributed by atoms with E-state index in [-0.39, 0.29) is 6.03 Å². The third-order valence-corrected chi connectivity index (χ3v) is 2.74.